The molecule has 0 aliphatic carbocycles. The number of benzene rings is 1. The molecule has 1 aromatic carbocycles. The van der Waals surface area contributed by atoms with Crippen LogP contribution in [0, 0.1) is 0 Å². The lowest BCUT2D eigenvalue weighted by Crippen LogP contribution is -2.38. The van der Waals surface area contributed by atoms with E-state index in [4.69, 9.17) is 0 Å². The van der Waals surface area contributed by atoms with Crippen LogP contribution < -0.4 is 4.72 Å². The zero-order valence-corrected chi connectivity index (χ0v) is 11.6. The molecule has 1 aromatic heterocycles. The molecule has 0 fully saturated rings. The van der Waals surface area contributed by atoms with Crippen molar-refractivity contribution in [1.82, 2.24) is 9.71 Å². The van der Waals surface area contributed by atoms with E-state index in [2.05, 4.69) is 9.71 Å². The Morgan fingerprint density at radius 3 is 2.74 bits per heavy atom. The van der Waals surface area contributed by atoms with Crippen LogP contribution in [-0.4, -0.2) is 30.7 Å². The molecule has 2 N–H and O–H groups in total. The summed E-state index contributed by atoms with van der Waals surface area (Å²) in [6.45, 7) is 3.04. The minimum atomic E-state index is -3.66. The fourth-order valence-electron chi connectivity index (χ4n) is 1.68. The van der Waals surface area contributed by atoms with Crippen LogP contribution in [0.4, 0.5) is 0 Å². The largest absolute Gasteiger partial charge is 0.389 e. The highest BCUT2D eigenvalue weighted by Crippen LogP contribution is 2.21. The van der Waals surface area contributed by atoms with Gasteiger partial charge in [0.1, 0.15) is 0 Å². The first-order chi connectivity index (χ1) is 8.80. The van der Waals surface area contributed by atoms with E-state index in [1.807, 2.05) is 0 Å². The molecule has 6 heteroatoms. The molecule has 0 saturated heterocycles. The van der Waals surface area contributed by atoms with Gasteiger partial charge in [-0.3, -0.25) is 4.98 Å². The van der Waals surface area contributed by atoms with Gasteiger partial charge in [-0.15, -0.1) is 0 Å². The van der Waals surface area contributed by atoms with Crippen molar-refractivity contribution in [2.45, 2.75) is 24.3 Å². The van der Waals surface area contributed by atoms with Gasteiger partial charge >= 0.3 is 0 Å². The predicted octanol–water partition coefficient (Wildman–Crippen LogP) is 1.28. The number of sulfonamides is 1. The molecule has 0 saturated carbocycles. The SMILES string of the molecule is CC(C)(O)CNS(=O)(=O)c1cccc2cnccc12. The van der Waals surface area contributed by atoms with Crippen LogP contribution in [0.5, 0.6) is 0 Å². The molecule has 0 atom stereocenters. The molecule has 0 aliphatic rings. The summed E-state index contributed by atoms with van der Waals surface area (Å²) >= 11 is 0. The Labute approximate surface area is 112 Å². The maximum Gasteiger partial charge on any atom is 0.241 e. The Kier molecular flexibility index (Phi) is 3.58. The molecule has 2 rings (SSSR count). The predicted molar refractivity (Wildman–Crippen MR) is 73.2 cm³/mol. The highest BCUT2D eigenvalue weighted by atomic mass is 32.2. The Hall–Kier alpha value is -1.50. The summed E-state index contributed by atoms with van der Waals surface area (Å²) in [6, 6.07) is 6.67. The fraction of sp³-hybridized carbons (Fsp3) is 0.308. The average molecular weight is 280 g/mol. The van der Waals surface area contributed by atoms with Crippen molar-refractivity contribution in [3.63, 3.8) is 0 Å². The molecular weight excluding hydrogens is 264 g/mol. The molecule has 0 bridgehead atoms. The Balaban J connectivity index is 2.44. The Morgan fingerprint density at radius 1 is 1.32 bits per heavy atom. The summed E-state index contributed by atoms with van der Waals surface area (Å²) in [5.41, 5.74) is -1.10. The third-order valence-corrected chi connectivity index (χ3v) is 4.08. The van der Waals surface area contributed by atoms with Crippen LogP contribution >= 0.6 is 0 Å². The van der Waals surface area contributed by atoms with Crippen molar-refractivity contribution in [2.75, 3.05) is 6.54 Å². The fourth-order valence-corrected chi connectivity index (χ4v) is 3.11. The maximum absolute atomic E-state index is 12.3. The molecule has 0 spiro atoms. The number of aliphatic hydroxyl groups is 1. The van der Waals surface area contributed by atoms with E-state index in [9.17, 15) is 13.5 Å². The van der Waals surface area contributed by atoms with Gasteiger partial charge in [-0.25, -0.2) is 13.1 Å². The first-order valence-corrected chi connectivity index (χ1v) is 7.33. The Bertz CT molecular complexity index is 685. The van der Waals surface area contributed by atoms with E-state index in [1.165, 1.54) is 6.07 Å². The van der Waals surface area contributed by atoms with E-state index < -0.39 is 15.6 Å². The van der Waals surface area contributed by atoms with Gasteiger partial charge in [-0.2, -0.15) is 0 Å². The van der Waals surface area contributed by atoms with Crippen LogP contribution in [0.25, 0.3) is 10.8 Å². The highest BCUT2D eigenvalue weighted by molar-refractivity contribution is 7.89. The summed E-state index contributed by atoms with van der Waals surface area (Å²) < 4.78 is 26.9. The number of hydrogen-bond donors (Lipinski definition) is 2. The zero-order chi connectivity index (χ0) is 14.1. The van der Waals surface area contributed by atoms with Gasteiger partial charge in [-0.1, -0.05) is 12.1 Å². The molecule has 5 nitrogen and oxygen atoms in total. The van der Waals surface area contributed by atoms with Crippen LogP contribution in [0.3, 0.4) is 0 Å². The van der Waals surface area contributed by atoms with Crippen molar-refractivity contribution < 1.29 is 13.5 Å². The topological polar surface area (TPSA) is 79.3 Å². The summed E-state index contributed by atoms with van der Waals surface area (Å²) in [7, 11) is -3.66. The molecular formula is C13H16N2O3S. The summed E-state index contributed by atoms with van der Waals surface area (Å²) in [4.78, 5) is 4.16. The summed E-state index contributed by atoms with van der Waals surface area (Å²) in [6.07, 6.45) is 3.17. The molecule has 102 valence electrons. The van der Waals surface area contributed by atoms with E-state index in [0.29, 0.717) is 5.39 Å². The average Bonchev–Trinajstić information content (AvgIpc) is 2.35. The standard InChI is InChI=1S/C13H16N2O3S/c1-13(2,16)9-15-19(17,18)12-5-3-4-10-8-14-7-6-11(10)12/h3-8,15-16H,9H2,1-2H3. The van der Waals surface area contributed by atoms with Gasteiger partial charge in [0.2, 0.25) is 10.0 Å². The minimum Gasteiger partial charge on any atom is -0.389 e. The Morgan fingerprint density at radius 2 is 2.05 bits per heavy atom. The second kappa shape index (κ2) is 4.88. The molecule has 19 heavy (non-hydrogen) atoms. The van der Waals surface area contributed by atoms with Gasteiger partial charge in [-0.05, 0) is 26.0 Å². The van der Waals surface area contributed by atoms with Gasteiger partial charge in [0.05, 0.1) is 10.5 Å². The first kappa shape index (κ1) is 13.9. The molecule has 0 aliphatic heterocycles. The van der Waals surface area contributed by atoms with Crippen molar-refractivity contribution in [1.29, 1.82) is 0 Å². The molecule has 0 unspecified atom stereocenters. The lowest BCUT2D eigenvalue weighted by molar-refractivity contribution is 0.0857. The minimum absolute atomic E-state index is 0.0448. The molecule has 0 amide bonds. The monoisotopic (exact) mass is 280 g/mol. The van der Waals surface area contributed by atoms with Crippen molar-refractivity contribution in [2.24, 2.45) is 0 Å². The van der Waals surface area contributed by atoms with Crippen LogP contribution in [0.1, 0.15) is 13.8 Å². The molecule has 2 aromatic rings. The van der Waals surface area contributed by atoms with Crippen LogP contribution in [0.15, 0.2) is 41.6 Å². The summed E-state index contributed by atoms with van der Waals surface area (Å²) in [5.74, 6) is 0. The van der Waals surface area contributed by atoms with Gasteiger partial charge in [0.25, 0.3) is 0 Å². The maximum atomic E-state index is 12.3. The normalized spacial score (nSPS) is 12.8. The highest BCUT2D eigenvalue weighted by Gasteiger charge is 2.21. The third-order valence-electron chi connectivity index (χ3n) is 2.63. The van der Waals surface area contributed by atoms with E-state index in [1.54, 1.807) is 44.4 Å². The third kappa shape index (κ3) is 3.28. The number of aromatic nitrogens is 1. The van der Waals surface area contributed by atoms with E-state index in [-0.39, 0.29) is 11.4 Å². The van der Waals surface area contributed by atoms with E-state index in [0.717, 1.165) is 5.39 Å². The van der Waals surface area contributed by atoms with E-state index >= 15 is 0 Å². The molecule has 0 radical (unpaired) electrons. The van der Waals surface area contributed by atoms with Gasteiger partial charge in [0, 0.05) is 29.7 Å². The number of fused-ring (bicyclic) bond motifs is 1. The lowest BCUT2D eigenvalue weighted by Gasteiger charge is -2.18. The lowest BCUT2D eigenvalue weighted by atomic mass is 10.1. The van der Waals surface area contributed by atoms with Crippen molar-refractivity contribution >= 4 is 20.8 Å². The van der Waals surface area contributed by atoms with Crippen molar-refractivity contribution in [3.8, 4) is 0 Å². The molecule has 1 heterocycles. The van der Waals surface area contributed by atoms with Crippen LogP contribution in [-0.2, 0) is 10.0 Å². The van der Waals surface area contributed by atoms with Gasteiger partial charge < -0.3 is 5.11 Å². The quantitative estimate of drug-likeness (QED) is 0.884. The number of nitrogens with zero attached hydrogens (tertiary/aromatic N) is 1. The van der Waals surface area contributed by atoms with Crippen LogP contribution in [0.2, 0.25) is 0 Å². The summed E-state index contributed by atoms with van der Waals surface area (Å²) in [5, 5.41) is 11.0. The van der Waals surface area contributed by atoms with Gasteiger partial charge in [0.15, 0.2) is 0 Å². The second-order valence-electron chi connectivity index (χ2n) is 4.99. The smallest absolute Gasteiger partial charge is 0.241 e. The van der Waals surface area contributed by atoms with Crippen molar-refractivity contribution in [3.05, 3.63) is 36.7 Å². The number of pyridine rings is 1. The number of nitrogens with one attached hydrogen (secondary N) is 1. The second-order valence-corrected chi connectivity index (χ2v) is 6.73. The number of rotatable bonds is 4. The number of hydrogen-bond acceptors (Lipinski definition) is 4. The zero-order valence-electron chi connectivity index (χ0n) is 10.8. The first-order valence-electron chi connectivity index (χ1n) is 5.84.